The molecule has 9 nitrogen and oxygen atoms in total. The summed E-state index contributed by atoms with van der Waals surface area (Å²) in [6.45, 7) is 0. The van der Waals surface area contributed by atoms with Gasteiger partial charge in [-0.15, -0.1) is 11.3 Å². The van der Waals surface area contributed by atoms with Crippen molar-refractivity contribution in [3.63, 3.8) is 0 Å². The number of ketones is 1. The first-order chi connectivity index (χ1) is 17.4. The van der Waals surface area contributed by atoms with E-state index in [9.17, 15) is 13.2 Å². The molecule has 0 aliphatic carbocycles. The molecule has 0 aliphatic heterocycles. The van der Waals surface area contributed by atoms with Gasteiger partial charge in [0.05, 0.1) is 23.4 Å². The fourth-order valence-corrected chi connectivity index (χ4v) is 5.55. The van der Waals surface area contributed by atoms with Gasteiger partial charge in [0.2, 0.25) is 11.7 Å². The van der Waals surface area contributed by atoms with Crippen molar-refractivity contribution >= 4 is 49.0 Å². The van der Waals surface area contributed by atoms with E-state index >= 15 is 0 Å². The lowest BCUT2D eigenvalue weighted by Gasteiger charge is -2.07. The van der Waals surface area contributed by atoms with E-state index in [1.807, 2.05) is 36.4 Å². The van der Waals surface area contributed by atoms with Crippen LogP contribution in [0.15, 0.2) is 84.0 Å². The number of carbonyl (C=O) groups is 1. The number of nitrogens with one attached hydrogen (secondary N) is 1. The highest BCUT2D eigenvalue weighted by atomic mass is 32.2. The van der Waals surface area contributed by atoms with Gasteiger partial charge in [-0.3, -0.25) is 4.79 Å². The van der Waals surface area contributed by atoms with Crippen molar-refractivity contribution in [2.75, 3.05) is 17.6 Å². The third kappa shape index (κ3) is 4.49. The number of fused-ring (bicyclic) bond motifs is 1. The number of nitrogens with zero attached hydrogens (tertiary/aromatic N) is 3. The number of methoxy groups -OCH3 is 1. The van der Waals surface area contributed by atoms with E-state index in [2.05, 4.69) is 14.7 Å². The van der Waals surface area contributed by atoms with Gasteiger partial charge in [-0.25, -0.2) is 28.1 Å². The van der Waals surface area contributed by atoms with Crippen LogP contribution in [-0.4, -0.2) is 36.3 Å². The van der Waals surface area contributed by atoms with Crippen molar-refractivity contribution in [1.29, 1.82) is 0 Å². The third-order valence-electron chi connectivity index (χ3n) is 5.40. The highest BCUT2D eigenvalue weighted by Gasteiger charge is 2.21. The molecule has 0 fully saturated rings. The predicted octanol–water partition coefficient (Wildman–Crippen LogP) is 4.38. The van der Waals surface area contributed by atoms with Gasteiger partial charge in [0.15, 0.2) is 0 Å². The maximum atomic E-state index is 13.2. The number of carbonyl (C=O) groups excluding carboxylic acids is 1. The molecule has 3 N–H and O–H groups in total. The number of rotatable bonds is 7. The van der Waals surface area contributed by atoms with Crippen LogP contribution in [0.1, 0.15) is 15.2 Å². The van der Waals surface area contributed by atoms with Gasteiger partial charge in [0, 0.05) is 28.9 Å². The number of ether oxygens (including phenoxy) is 1. The standard InChI is InChI=1S/C25H19N5O4S2/c1-34-17-7-3-15(4-8-17)20-12-11-19-21(26)23(35-24(19)29-20)22(31)16-5-9-18(10-6-16)36(32,33)30-25-27-13-2-14-28-25/h2-14H,26H2,1H3,(H,27,28,30). The average molecular weight is 518 g/mol. The quantitative estimate of drug-likeness (QED) is 0.304. The number of aromatic nitrogens is 3. The van der Waals surface area contributed by atoms with Gasteiger partial charge < -0.3 is 10.5 Å². The summed E-state index contributed by atoms with van der Waals surface area (Å²) in [6, 6.07) is 18.4. The average Bonchev–Trinajstić information content (AvgIpc) is 3.24. The molecule has 5 aromatic rings. The molecule has 5 rings (SSSR count). The topological polar surface area (TPSA) is 137 Å². The predicted molar refractivity (Wildman–Crippen MR) is 139 cm³/mol. The summed E-state index contributed by atoms with van der Waals surface area (Å²) < 4.78 is 32.7. The molecule has 0 aliphatic rings. The second kappa shape index (κ2) is 9.36. The molecule has 0 atom stereocenters. The highest BCUT2D eigenvalue weighted by molar-refractivity contribution is 7.92. The Kier molecular flexibility index (Phi) is 6.08. The van der Waals surface area contributed by atoms with Crippen molar-refractivity contribution < 1.29 is 17.9 Å². The van der Waals surface area contributed by atoms with Crippen molar-refractivity contribution in [2.24, 2.45) is 0 Å². The number of thiophene rings is 1. The van der Waals surface area contributed by atoms with Gasteiger partial charge in [-0.05, 0) is 66.7 Å². The van der Waals surface area contributed by atoms with Crippen LogP contribution in [-0.2, 0) is 10.0 Å². The minimum Gasteiger partial charge on any atom is -0.497 e. The van der Waals surface area contributed by atoms with Crippen LogP contribution in [0.25, 0.3) is 21.5 Å². The zero-order valence-corrected chi connectivity index (χ0v) is 20.5. The number of hydrogen-bond donors (Lipinski definition) is 2. The Balaban J connectivity index is 1.41. The molecule has 0 bridgehead atoms. The Hall–Kier alpha value is -4.35. The Bertz CT molecular complexity index is 1670. The molecule has 3 aromatic heterocycles. The molecule has 2 aromatic carbocycles. The summed E-state index contributed by atoms with van der Waals surface area (Å²) in [5.74, 6) is 0.387. The van der Waals surface area contributed by atoms with Gasteiger partial charge >= 0.3 is 0 Å². The number of benzene rings is 2. The zero-order chi connectivity index (χ0) is 25.3. The Morgan fingerprint density at radius 1 is 0.972 bits per heavy atom. The van der Waals surface area contributed by atoms with E-state index < -0.39 is 10.0 Å². The van der Waals surface area contributed by atoms with Crippen LogP contribution < -0.4 is 15.2 Å². The molecular formula is C25H19N5O4S2. The zero-order valence-electron chi connectivity index (χ0n) is 18.9. The van der Waals surface area contributed by atoms with Gasteiger partial charge in [-0.2, -0.15) is 0 Å². The third-order valence-corrected chi connectivity index (χ3v) is 7.86. The van der Waals surface area contributed by atoms with E-state index in [1.54, 1.807) is 13.2 Å². The summed E-state index contributed by atoms with van der Waals surface area (Å²) in [5.41, 5.74) is 8.60. The number of pyridine rings is 1. The number of nitrogen functional groups attached to an aromatic ring is 1. The minimum absolute atomic E-state index is 0.0263. The first-order valence-corrected chi connectivity index (χ1v) is 12.9. The van der Waals surface area contributed by atoms with Gasteiger partial charge in [-0.1, -0.05) is 0 Å². The number of anilines is 2. The van der Waals surface area contributed by atoms with E-state index in [1.165, 1.54) is 48.0 Å². The van der Waals surface area contributed by atoms with Crippen LogP contribution >= 0.6 is 11.3 Å². The summed E-state index contributed by atoms with van der Waals surface area (Å²) in [4.78, 5) is 26.6. The molecular weight excluding hydrogens is 498 g/mol. The van der Waals surface area contributed by atoms with E-state index in [-0.39, 0.29) is 16.6 Å². The molecule has 0 radical (unpaired) electrons. The molecule has 0 unspecified atom stereocenters. The molecule has 36 heavy (non-hydrogen) atoms. The summed E-state index contributed by atoms with van der Waals surface area (Å²) in [6.07, 6.45) is 2.85. The van der Waals surface area contributed by atoms with Crippen molar-refractivity contribution in [2.45, 2.75) is 4.90 Å². The second-order valence-corrected chi connectivity index (χ2v) is 10.3. The maximum Gasteiger partial charge on any atom is 0.264 e. The Morgan fingerprint density at radius 2 is 1.67 bits per heavy atom. The first kappa shape index (κ1) is 23.4. The smallest absolute Gasteiger partial charge is 0.264 e. The molecule has 0 spiro atoms. The van der Waals surface area contributed by atoms with Crippen LogP contribution in [0.2, 0.25) is 0 Å². The van der Waals surface area contributed by atoms with Crippen LogP contribution in [0.4, 0.5) is 11.6 Å². The SMILES string of the molecule is COc1ccc(-c2ccc3c(N)c(C(=O)c4ccc(S(=O)(=O)Nc5ncccn5)cc4)sc3n2)cc1. The number of sulfonamides is 1. The second-order valence-electron chi connectivity index (χ2n) is 7.65. The fourth-order valence-electron chi connectivity index (χ4n) is 3.54. The Morgan fingerprint density at radius 3 is 2.33 bits per heavy atom. The normalized spacial score (nSPS) is 11.4. The molecule has 180 valence electrons. The maximum absolute atomic E-state index is 13.2. The Labute approximate surface area is 210 Å². The summed E-state index contributed by atoms with van der Waals surface area (Å²) >= 11 is 1.20. The minimum atomic E-state index is -3.91. The lowest BCUT2D eigenvalue weighted by molar-refractivity contribution is 0.104. The molecule has 3 heterocycles. The molecule has 0 saturated heterocycles. The lowest BCUT2D eigenvalue weighted by atomic mass is 10.1. The van der Waals surface area contributed by atoms with Crippen molar-refractivity contribution in [1.82, 2.24) is 15.0 Å². The van der Waals surface area contributed by atoms with Gasteiger partial charge in [0.1, 0.15) is 15.5 Å². The molecule has 11 heteroatoms. The van der Waals surface area contributed by atoms with Crippen LogP contribution in [0.3, 0.4) is 0 Å². The van der Waals surface area contributed by atoms with E-state index in [0.29, 0.717) is 26.3 Å². The summed E-state index contributed by atoms with van der Waals surface area (Å²) in [5, 5.41) is 0.687. The van der Waals surface area contributed by atoms with Crippen molar-refractivity contribution in [3.8, 4) is 17.0 Å². The largest absolute Gasteiger partial charge is 0.497 e. The molecule has 0 saturated carbocycles. The van der Waals surface area contributed by atoms with Gasteiger partial charge in [0.25, 0.3) is 10.0 Å². The highest BCUT2D eigenvalue weighted by Crippen LogP contribution is 2.36. The summed E-state index contributed by atoms with van der Waals surface area (Å²) in [7, 11) is -2.30. The van der Waals surface area contributed by atoms with E-state index in [0.717, 1.165) is 17.0 Å². The fraction of sp³-hybridized carbons (Fsp3) is 0.0400. The van der Waals surface area contributed by atoms with Crippen LogP contribution in [0.5, 0.6) is 5.75 Å². The van der Waals surface area contributed by atoms with Crippen molar-refractivity contribution in [3.05, 3.63) is 89.6 Å². The molecule has 0 amide bonds. The number of nitrogens with two attached hydrogens (primary N) is 1. The van der Waals surface area contributed by atoms with E-state index in [4.69, 9.17) is 15.5 Å². The monoisotopic (exact) mass is 517 g/mol. The van der Waals surface area contributed by atoms with Crippen LogP contribution in [0, 0.1) is 0 Å². The number of hydrogen-bond acceptors (Lipinski definition) is 9. The lowest BCUT2D eigenvalue weighted by Crippen LogP contribution is -2.15. The first-order valence-electron chi connectivity index (χ1n) is 10.6.